The quantitative estimate of drug-likeness (QED) is 0.125. The Balaban J connectivity index is 0.000000110. The summed E-state index contributed by atoms with van der Waals surface area (Å²) in [6.45, 7) is 9.97. The molecule has 0 atom stereocenters. The summed E-state index contributed by atoms with van der Waals surface area (Å²) in [5.74, 6) is 0. The number of fused-ring (bicyclic) bond motifs is 8. The first-order valence-electron chi connectivity index (χ1n) is 35.9. The van der Waals surface area contributed by atoms with Crippen LogP contribution in [0.15, 0.2) is 347 Å². The number of aromatic nitrogens is 14. The maximum Gasteiger partial charge on any atom is 0.111 e. The second-order valence-corrected chi connectivity index (χ2v) is 25.7. The van der Waals surface area contributed by atoms with Gasteiger partial charge >= 0.3 is 0 Å². The smallest absolute Gasteiger partial charge is 0.111 e. The van der Waals surface area contributed by atoms with Crippen LogP contribution in [0.25, 0.3) is 156 Å². The number of hydrogen-bond acceptors (Lipinski definition) is 14. The molecule has 109 heavy (non-hydrogen) atoms. The second-order valence-electron chi connectivity index (χ2n) is 25.7. The van der Waals surface area contributed by atoms with Gasteiger partial charge < -0.3 is 0 Å². The van der Waals surface area contributed by atoms with E-state index in [1.165, 1.54) is 10.8 Å². The summed E-state index contributed by atoms with van der Waals surface area (Å²) in [5, 5.41) is 4.77. The van der Waals surface area contributed by atoms with Gasteiger partial charge in [0.2, 0.25) is 0 Å². The third kappa shape index (κ3) is 16.0. The minimum absolute atomic E-state index is 0.819. The van der Waals surface area contributed by atoms with E-state index in [0.717, 1.165) is 174 Å². The van der Waals surface area contributed by atoms with E-state index in [2.05, 4.69) is 149 Å². The number of benzene rings is 10. The molecular weight excluding hydrogens is 1340 g/mol. The van der Waals surface area contributed by atoms with Crippen LogP contribution in [0, 0.1) is 34.6 Å². The highest BCUT2D eigenvalue weighted by Gasteiger charge is 2.20. The molecule has 0 bridgehead atoms. The monoisotopic (exact) mass is 1410 g/mol. The Morgan fingerprint density at radius 3 is 0.826 bits per heavy atom. The van der Waals surface area contributed by atoms with Crippen LogP contribution in [0.3, 0.4) is 0 Å². The van der Waals surface area contributed by atoms with Gasteiger partial charge in [-0.2, -0.15) is 0 Å². The largest absolute Gasteiger partial charge is 0.265 e. The minimum atomic E-state index is 0.819. The topological polar surface area (TPSA) is 180 Å². The maximum absolute atomic E-state index is 5.06. The van der Waals surface area contributed by atoms with Gasteiger partial charge in [-0.1, -0.05) is 237 Å². The molecule has 0 spiro atoms. The second kappa shape index (κ2) is 33.1. The van der Waals surface area contributed by atoms with E-state index in [4.69, 9.17) is 29.9 Å². The number of para-hydroxylation sites is 4. The van der Waals surface area contributed by atoms with E-state index >= 15 is 0 Å². The summed E-state index contributed by atoms with van der Waals surface area (Å²) in [6.07, 6.45) is 10.7. The Bertz CT molecular complexity index is 6030. The molecular formula is C95H72N14. The Kier molecular flexibility index (Phi) is 21.3. The number of rotatable bonds is 9. The molecule has 9 heterocycles. The fourth-order valence-electron chi connectivity index (χ4n) is 13.1. The number of nitrogens with zero attached hydrogens (tertiary/aromatic N) is 14. The van der Waals surface area contributed by atoms with Crippen LogP contribution in [0.4, 0.5) is 0 Å². The summed E-state index contributed by atoms with van der Waals surface area (Å²) in [5.41, 5.74) is 27.3. The molecule has 0 aliphatic carbocycles. The van der Waals surface area contributed by atoms with Crippen molar-refractivity contribution in [1.29, 1.82) is 0 Å². The van der Waals surface area contributed by atoms with Crippen LogP contribution in [0.5, 0.6) is 0 Å². The molecule has 0 aliphatic rings. The molecule has 9 aromatic heterocycles. The molecule has 522 valence electrons. The molecule has 19 aromatic rings. The molecule has 0 radical (unpaired) electrons. The predicted molar refractivity (Wildman–Crippen MR) is 441 cm³/mol. The average Bonchev–Trinajstić information content (AvgIpc) is 0.739. The summed E-state index contributed by atoms with van der Waals surface area (Å²) < 4.78 is 0. The van der Waals surface area contributed by atoms with Crippen LogP contribution in [-0.2, 0) is 0 Å². The highest BCUT2D eigenvalue weighted by molar-refractivity contribution is 6.23. The summed E-state index contributed by atoms with van der Waals surface area (Å²) in [6, 6.07) is 103. The zero-order valence-corrected chi connectivity index (χ0v) is 60.7. The SMILES string of the molecule is Cc1nc(-c2ccccc2)c(-c2ccccc2)nc1-c1ccccn1.Cc1nc(-c2ccccc2)c(-c2ccccc2)nc1-c1ccncc1.Cc1nc2c3ccccc3c3ccccc3c2nc1-c1ccccc1.Cc1nc2ccccc2nc1-c1ccccn1.Cc1nc2ccccc2nc1-c1ccncc1. The van der Waals surface area contributed by atoms with Gasteiger partial charge in [-0.15, -0.1) is 0 Å². The van der Waals surface area contributed by atoms with Crippen molar-refractivity contribution in [2.75, 3.05) is 0 Å². The maximum atomic E-state index is 5.06. The summed E-state index contributed by atoms with van der Waals surface area (Å²) >= 11 is 0. The van der Waals surface area contributed by atoms with Gasteiger partial charge in [-0.3, -0.25) is 19.9 Å². The lowest BCUT2D eigenvalue weighted by molar-refractivity contribution is 1.11. The molecule has 0 amide bonds. The van der Waals surface area contributed by atoms with Crippen molar-refractivity contribution in [3.05, 3.63) is 375 Å². The predicted octanol–water partition coefficient (Wildman–Crippen LogP) is 22.3. The highest BCUT2D eigenvalue weighted by Crippen LogP contribution is 2.38. The molecule has 10 aromatic carbocycles. The number of hydrogen-bond donors (Lipinski definition) is 0. The Hall–Kier alpha value is -14.5. The first kappa shape index (κ1) is 70.2. The highest BCUT2D eigenvalue weighted by atomic mass is 14.9. The van der Waals surface area contributed by atoms with Crippen molar-refractivity contribution in [3.63, 3.8) is 0 Å². The Morgan fingerprint density at radius 2 is 0.422 bits per heavy atom. The first-order valence-corrected chi connectivity index (χ1v) is 35.9. The average molecular weight is 1410 g/mol. The van der Waals surface area contributed by atoms with E-state index in [0.29, 0.717) is 0 Å². The lowest BCUT2D eigenvalue weighted by Crippen LogP contribution is -2.01. The van der Waals surface area contributed by atoms with Crippen molar-refractivity contribution in [2.24, 2.45) is 0 Å². The number of aryl methyl sites for hydroxylation is 5. The molecule has 0 saturated carbocycles. The molecule has 0 unspecified atom stereocenters. The minimum Gasteiger partial charge on any atom is -0.265 e. The molecule has 0 N–H and O–H groups in total. The fourth-order valence-corrected chi connectivity index (χ4v) is 13.1. The molecule has 14 nitrogen and oxygen atoms in total. The van der Waals surface area contributed by atoms with Gasteiger partial charge in [-0.05, 0) is 118 Å². The van der Waals surface area contributed by atoms with Crippen molar-refractivity contribution >= 4 is 54.6 Å². The van der Waals surface area contributed by atoms with Gasteiger partial charge in [0.15, 0.2) is 0 Å². The summed E-state index contributed by atoms with van der Waals surface area (Å²) in [7, 11) is 0. The normalized spacial score (nSPS) is 10.8. The van der Waals surface area contributed by atoms with Crippen LogP contribution < -0.4 is 0 Å². The van der Waals surface area contributed by atoms with Gasteiger partial charge in [-0.25, -0.2) is 49.8 Å². The van der Waals surface area contributed by atoms with Crippen LogP contribution in [0.1, 0.15) is 28.5 Å². The Morgan fingerprint density at radius 1 is 0.165 bits per heavy atom. The molecule has 0 saturated heterocycles. The Labute approximate surface area is 632 Å². The molecule has 19 rings (SSSR count). The third-order valence-corrected chi connectivity index (χ3v) is 18.3. The van der Waals surface area contributed by atoms with Gasteiger partial charge in [0.05, 0.1) is 113 Å². The molecule has 0 fully saturated rings. The van der Waals surface area contributed by atoms with E-state index in [9.17, 15) is 0 Å². The van der Waals surface area contributed by atoms with Crippen molar-refractivity contribution in [1.82, 2.24) is 69.8 Å². The van der Waals surface area contributed by atoms with Crippen molar-refractivity contribution < 1.29 is 0 Å². The van der Waals surface area contributed by atoms with Crippen LogP contribution in [0.2, 0.25) is 0 Å². The number of pyridine rings is 4. The van der Waals surface area contributed by atoms with Crippen molar-refractivity contribution in [2.45, 2.75) is 34.6 Å². The molecule has 0 aliphatic heterocycles. The standard InChI is InChI=1S/C23H16N2.2C22H17N3.2C14H11N3/c1-15-21(16-9-3-2-4-10-16)25-23-20-14-8-6-12-18(20)17-11-5-7-13-19(17)22(23)24-15;1-16-20(19-14-8-9-15-23-19)25-22(18-12-6-3-7-13-18)21(24-16)17-10-4-2-5-11-17;1-16-20(19-12-14-23-15-13-19)25-22(18-10-6-3-7-11-18)21(24-16)17-8-4-2-5-9-17;1-10-14(13-8-4-5-9-15-13)17-12-7-3-2-6-11(12)16-10;1-10-14(11-6-8-15-9-7-11)17-13-5-3-2-4-12(13)16-10/h2-14H,1H3;2*2-15H,1H3;2*2-9H,1H3. The van der Waals surface area contributed by atoms with Crippen LogP contribution in [-0.4, -0.2) is 69.8 Å². The van der Waals surface area contributed by atoms with E-state index in [-0.39, 0.29) is 0 Å². The summed E-state index contributed by atoms with van der Waals surface area (Å²) in [4.78, 5) is 65.1. The van der Waals surface area contributed by atoms with Gasteiger partial charge in [0.1, 0.15) is 11.4 Å². The van der Waals surface area contributed by atoms with E-state index in [1.54, 1.807) is 37.2 Å². The van der Waals surface area contributed by atoms with E-state index < -0.39 is 0 Å². The third-order valence-electron chi connectivity index (χ3n) is 18.3. The lowest BCUT2D eigenvalue weighted by Gasteiger charge is -2.13. The van der Waals surface area contributed by atoms with Gasteiger partial charge in [0, 0.05) is 86.9 Å². The zero-order valence-electron chi connectivity index (χ0n) is 60.7. The zero-order chi connectivity index (χ0) is 74.3. The lowest BCUT2D eigenvalue weighted by atomic mass is 9.99. The van der Waals surface area contributed by atoms with E-state index in [1.807, 2.05) is 235 Å². The van der Waals surface area contributed by atoms with Crippen molar-refractivity contribution in [3.8, 4) is 102 Å². The first-order chi connectivity index (χ1) is 53.7. The molecule has 14 heteroatoms. The van der Waals surface area contributed by atoms with Crippen LogP contribution >= 0.6 is 0 Å². The van der Waals surface area contributed by atoms with Gasteiger partial charge in [0.25, 0.3) is 0 Å². The fraction of sp³-hybridized carbons (Fsp3) is 0.0526.